The topological polar surface area (TPSA) is 170 Å². The van der Waals surface area contributed by atoms with Crippen LogP contribution in [0.4, 0.5) is 5.69 Å². The normalized spacial score (nSPS) is 32.0. The maximum Gasteiger partial charge on any atom is 0.235 e. The van der Waals surface area contributed by atoms with Crippen molar-refractivity contribution in [1.29, 1.82) is 0 Å². The van der Waals surface area contributed by atoms with Crippen molar-refractivity contribution in [3.05, 3.63) is 22.8 Å². The van der Waals surface area contributed by atoms with E-state index in [2.05, 4.69) is 5.32 Å². The van der Waals surface area contributed by atoms with Crippen molar-refractivity contribution in [2.45, 2.75) is 69.2 Å². The Kier molecular flexibility index (Phi) is 7.59. The van der Waals surface area contributed by atoms with Gasteiger partial charge in [-0.2, -0.15) is 0 Å². The summed E-state index contributed by atoms with van der Waals surface area (Å²) in [6.07, 6.45) is 5.84. The Morgan fingerprint density at radius 3 is 2.32 bits per heavy atom. The molecular formula is C30H40N4O7. The predicted molar refractivity (Wildman–Crippen MR) is 149 cm³/mol. The number of aromatic hydroxyl groups is 1. The Balaban J connectivity index is 1.57. The van der Waals surface area contributed by atoms with Gasteiger partial charge in [0.25, 0.3) is 0 Å². The fourth-order valence-electron chi connectivity index (χ4n) is 7.80. The van der Waals surface area contributed by atoms with Gasteiger partial charge in [-0.25, -0.2) is 0 Å². The Bertz CT molecular complexity index is 1320. The lowest BCUT2D eigenvalue weighted by Gasteiger charge is -2.52. The molecule has 11 nitrogen and oxygen atoms in total. The summed E-state index contributed by atoms with van der Waals surface area (Å²) in [5.41, 5.74) is 4.57. The Labute approximate surface area is 239 Å². The van der Waals surface area contributed by atoms with Crippen LogP contribution in [-0.4, -0.2) is 90.0 Å². The van der Waals surface area contributed by atoms with Crippen LogP contribution in [0.25, 0.3) is 0 Å². The zero-order valence-electron chi connectivity index (χ0n) is 24.1. The van der Waals surface area contributed by atoms with Crippen LogP contribution < -0.4 is 16.0 Å². The molecule has 0 bridgehead atoms. The number of primary amides is 1. The number of phenolic OH excluding ortho intramolecular Hbond substituents is 1. The second-order valence-corrected chi connectivity index (χ2v) is 12.7. The highest BCUT2D eigenvalue weighted by molar-refractivity contribution is 6.32. The largest absolute Gasteiger partial charge is 0.507 e. The molecule has 1 aromatic rings. The molecule has 222 valence electrons. The van der Waals surface area contributed by atoms with E-state index in [9.17, 15) is 34.2 Å². The monoisotopic (exact) mass is 568 g/mol. The molecule has 3 fully saturated rings. The number of anilines is 1. The lowest BCUT2D eigenvalue weighted by molar-refractivity contribution is -0.181. The van der Waals surface area contributed by atoms with Crippen molar-refractivity contribution < 1.29 is 34.2 Å². The molecule has 0 radical (unpaired) electrons. The van der Waals surface area contributed by atoms with E-state index < -0.39 is 64.4 Å². The smallest absolute Gasteiger partial charge is 0.235 e. The van der Waals surface area contributed by atoms with Crippen LogP contribution in [0.15, 0.2) is 6.07 Å². The second kappa shape index (κ2) is 10.6. The van der Waals surface area contributed by atoms with Gasteiger partial charge in [0, 0.05) is 43.9 Å². The highest BCUT2D eigenvalue weighted by Gasteiger charge is 2.69. The van der Waals surface area contributed by atoms with E-state index in [-0.39, 0.29) is 24.2 Å². The number of phenols is 1. The van der Waals surface area contributed by atoms with E-state index in [1.54, 1.807) is 14.1 Å². The minimum absolute atomic E-state index is 0.0303. The molecular weight excluding hydrogens is 528 g/mol. The number of nitrogens with two attached hydrogens (primary N) is 1. The first-order valence-corrected chi connectivity index (χ1v) is 14.4. The fourth-order valence-corrected chi connectivity index (χ4v) is 7.80. The molecule has 0 heterocycles. The number of Topliss-reactive ketones (excluding diaryl/α,β-unsaturated/α-hetero) is 4. The third kappa shape index (κ3) is 4.49. The van der Waals surface area contributed by atoms with Crippen LogP contribution in [-0.2, 0) is 32.1 Å². The SMILES string of the molecule is CN(C)c1cc(CNC2CCCCC2)c(O)c2c1C[C@@H]1C[C@@H]3C(N(C)C)C(=O)C(C(N)=O)C(=O)[C@]3(O)C(=O)C1C2=O. The highest BCUT2D eigenvalue weighted by atomic mass is 16.3. The van der Waals surface area contributed by atoms with Gasteiger partial charge in [-0.15, -0.1) is 0 Å². The van der Waals surface area contributed by atoms with Crippen molar-refractivity contribution in [3.8, 4) is 5.75 Å². The number of rotatable bonds is 6. The molecule has 3 saturated carbocycles. The fraction of sp³-hybridized carbons (Fsp3) is 0.633. The number of fused-ring (bicyclic) bond motifs is 3. The average Bonchev–Trinajstić information content (AvgIpc) is 2.90. The molecule has 1 aromatic carbocycles. The van der Waals surface area contributed by atoms with E-state index in [1.165, 1.54) is 11.3 Å². The van der Waals surface area contributed by atoms with Crippen molar-refractivity contribution >= 4 is 34.7 Å². The van der Waals surface area contributed by atoms with E-state index >= 15 is 0 Å². The van der Waals surface area contributed by atoms with Gasteiger partial charge in [-0.05, 0) is 57.3 Å². The van der Waals surface area contributed by atoms with Crippen LogP contribution in [0.1, 0.15) is 60.0 Å². The zero-order chi connectivity index (χ0) is 30.0. The summed E-state index contributed by atoms with van der Waals surface area (Å²) in [7, 11) is 6.83. The van der Waals surface area contributed by atoms with Gasteiger partial charge < -0.3 is 26.2 Å². The molecule has 5 rings (SSSR count). The summed E-state index contributed by atoms with van der Waals surface area (Å²) in [5, 5.41) is 26.7. The molecule has 0 aliphatic heterocycles. The molecule has 0 saturated heterocycles. The number of carbonyl (C=O) groups excluding carboxylic acids is 5. The molecule has 0 aromatic heterocycles. The number of ketones is 4. The summed E-state index contributed by atoms with van der Waals surface area (Å²) in [5.74, 6) is -10.3. The Morgan fingerprint density at radius 2 is 1.73 bits per heavy atom. The molecule has 6 atom stereocenters. The van der Waals surface area contributed by atoms with Crippen molar-refractivity contribution in [2.24, 2.45) is 29.4 Å². The average molecular weight is 569 g/mol. The van der Waals surface area contributed by atoms with Crippen molar-refractivity contribution in [3.63, 3.8) is 0 Å². The quantitative estimate of drug-likeness (QED) is 0.351. The third-order valence-corrected chi connectivity index (χ3v) is 9.78. The van der Waals surface area contributed by atoms with E-state index in [0.29, 0.717) is 23.7 Å². The van der Waals surface area contributed by atoms with Crippen LogP contribution in [0.3, 0.4) is 0 Å². The minimum atomic E-state index is -2.73. The summed E-state index contributed by atoms with van der Waals surface area (Å²) in [6.45, 7) is 0.345. The predicted octanol–water partition coefficient (Wildman–Crippen LogP) is 0.355. The molecule has 4 aliphatic rings. The lowest BCUT2D eigenvalue weighted by Crippen LogP contribution is -2.74. The first-order chi connectivity index (χ1) is 19.3. The van der Waals surface area contributed by atoms with Crippen molar-refractivity contribution in [1.82, 2.24) is 10.2 Å². The maximum atomic E-state index is 14.1. The number of likely N-dealkylation sites (N-methyl/N-ethyl adjacent to an activating group) is 1. The Hall–Kier alpha value is -3.15. The molecule has 3 unspecified atom stereocenters. The number of hydrogen-bond acceptors (Lipinski definition) is 10. The minimum Gasteiger partial charge on any atom is -0.507 e. The second-order valence-electron chi connectivity index (χ2n) is 12.7. The van der Waals surface area contributed by atoms with Crippen LogP contribution >= 0.6 is 0 Å². The first-order valence-electron chi connectivity index (χ1n) is 14.4. The zero-order valence-corrected chi connectivity index (χ0v) is 24.1. The lowest BCUT2D eigenvalue weighted by atomic mass is 9.52. The molecule has 5 N–H and O–H groups in total. The summed E-state index contributed by atoms with van der Waals surface area (Å²) >= 11 is 0. The maximum absolute atomic E-state index is 14.1. The molecule has 4 aliphatic carbocycles. The van der Waals surface area contributed by atoms with Gasteiger partial charge in [0.05, 0.1) is 17.5 Å². The molecule has 41 heavy (non-hydrogen) atoms. The van der Waals surface area contributed by atoms with Crippen LogP contribution in [0.2, 0.25) is 0 Å². The van der Waals surface area contributed by atoms with Gasteiger partial charge >= 0.3 is 0 Å². The Morgan fingerprint density at radius 1 is 1.07 bits per heavy atom. The van der Waals surface area contributed by atoms with Gasteiger partial charge in [0.1, 0.15) is 5.75 Å². The summed E-state index contributed by atoms with van der Waals surface area (Å²) in [6, 6.07) is 1.06. The third-order valence-electron chi connectivity index (χ3n) is 9.78. The van der Waals surface area contributed by atoms with Gasteiger partial charge in [0.2, 0.25) is 5.91 Å². The summed E-state index contributed by atoms with van der Waals surface area (Å²) in [4.78, 5) is 70.4. The van der Waals surface area contributed by atoms with Crippen LogP contribution in [0.5, 0.6) is 5.75 Å². The van der Waals surface area contributed by atoms with E-state index in [4.69, 9.17) is 5.73 Å². The number of amides is 1. The number of nitrogens with zero attached hydrogens (tertiary/aromatic N) is 2. The van der Waals surface area contributed by atoms with E-state index in [0.717, 1.165) is 31.4 Å². The van der Waals surface area contributed by atoms with Crippen molar-refractivity contribution in [2.75, 3.05) is 33.1 Å². The van der Waals surface area contributed by atoms with Gasteiger partial charge in [-0.3, -0.25) is 28.9 Å². The van der Waals surface area contributed by atoms with Crippen LogP contribution in [0, 0.1) is 23.7 Å². The first kappa shape index (κ1) is 29.3. The number of hydrogen-bond donors (Lipinski definition) is 4. The number of carbonyl (C=O) groups is 5. The molecule has 11 heteroatoms. The number of aliphatic hydroxyl groups is 1. The number of benzene rings is 1. The highest BCUT2D eigenvalue weighted by Crippen LogP contribution is 2.52. The standard InChI is InChI=1S/C30H40N4O7/c1-33(2)19-12-15(13-32-16-8-6-5-7-9-16)24(35)21-17(19)10-14-11-18-23(34(3)4)26(37)22(29(31)40)28(39)30(18,41)27(38)20(14)25(21)36/h12,14,16,18,20,22-23,32,35,41H,5-11,13H2,1-4H3,(H2,31,40)/t14-,18-,20?,22?,23?,30-/m1/s1. The molecule has 0 spiro atoms. The molecule has 1 amide bonds. The van der Waals surface area contributed by atoms with Gasteiger partial charge in [0.15, 0.2) is 34.7 Å². The van der Waals surface area contributed by atoms with Gasteiger partial charge in [-0.1, -0.05) is 19.3 Å². The summed E-state index contributed by atoms with van der Waals surface area (Å²) < 4.78 is 0. The van der Waals surface area contributed by atoms with E-state index in [1.807, 2.05) is 25.1 Å². The number of nitrogens with one attached hydrogen (secondary N) is 1.